The number of rotatable bonds is 5. The number of carboxylic acid groups (broad SMARTS) is 1. The molecule has 0 saturated carbocycles. The molecule has 20 heavy (non-hydrogen) atoms. The second-order valence-corrected chi connectivity index (χ2v) is 6.00. The summed E-state index contributed by atoms with van der Waals surface area (Å²) in [6.07, 6.45) is -0.000874. The predicted octanol–water partition coefficient (Wildman–Crippen LogP) is 2.62. The standard InChI is InChI=1S/C13H15IN4O2/c1-8(2)11(7-12(19)20)18-13(15-16-17-18)9-5-3-4-6-10(9)14/h3-6,8,11H,7H2,1-2H3,(H,19,20). The van der Waals surface area contributed by atoms with E-state index < -0.39 is 5.97 Å². The van der Waals surface area contributed by atoms with E-state index in [0.717, 1.165) is 9.13 Å². The van der Waals surface area contributed by atoms with E-state index in [9.17, 15) is 4.79 Å². The summed E-state index contributed by atoms with van der Waals surface area (Å²) in [5.41, 5.74) is 0.911. The molecular weight excluding hydrogens is 371 g/mol. The zero-order valence-corrected chi connectivity index (χ0v) is 13.4. The fourth-order valence-electron chi connectivity index (χ4n) is 2.02. The maximum Gasteiger partial charge on any atom is 0.305 e. The third-order valence-electron chi connectivity index (χ3n) is 3.08. The Morgan fingerprint density at radius 2 is 2.10 bits per heavy atom. The zero-order valence-electron chi connectivity index (χ0n) is 11.2. The number of carbonyl (C=O) groups is 1. The molecule has 0 spiro atoms. The Balaban J connectivity index is 2.46. The Morgan fingerprint density at radius 3 is 2.70 bits per heavy atom. The van der Waals surface area contributed by atoms with Crippen LogP contribution >= 0.6 is 22.6 Å². The van der Waals surface area contributed by atoms with Crippen LogP contribution in [0.4, 0.5) is 0 Å². The molecule has 1 heterocycles. The Labute approximate surface area is 130 Å². The van der Waals surface area contributed by atoms with Crippen LogP contribution in [-0.4, -0.2) is 31.3 Å². The molecule has 1 aromatic heterocycles. The minimum absolute atomic E-state index is 0.000874. The average molecular weight is 386 g/mol. The lowest BCUT2D eigenvalue weighted by molar-refractivity contribution is -0.138. The van der Waals surface area contributed by atoms with Crippen molar-refractivity contribution in [2.45, 2.75) is 26.3 Å². The monoisotopic (exact) mass is 386 g/mol. The molecule has 106 valence electrons. The van der Waals surface area contributed by atoms with Crippen molar-refractivity contribution in [1.82, 2.24) is 20.2 Å². The van der Waals surface area contributed by atoms with Crippen molar-refractivity contribution >= 4 is 28.6 Å². The molecule has 0 aliphatic carbocycles. The first-order chi connectivity index (χ1) is 9.50. The molecular formula is C13H15IN4O2. The van der Waals surface area contributed by atoms with Crippen LogP contribution in [0.5, 0.6) is 0 Å². The van der Waals surface area contributed by atoms with Crippen molar-refractivity contribution in [1.29, 1.82) is 0 Å². The highest BCUT2D eigenvalue weighted by Crippen LogP contribution is 2.28. The highest BCUT2D eigenvalue weighted by molar-refractivity contribution is 14.1. The van der Waals surface area contributed by atoms with Gasteiger partial charge in [0.25, 0.3) is 0 Å². The van der Waals surface area contributed by atoms with Crippen LogP contribution in [0.3, 0.4) is 0 Å². The molecule has 0 radical (unpaired) electrons. The number of benzene rings is 1. The van der Waals surface area contributed by atoms with Crippen LogP contribution < -0.4 is 0 Å². The SMILES string of the molecule is CC(C)C(CC(=O)O)n1nnnc1-c1ccccc1I. The zero-order chi connectivity index (χ0) is 14.7. The van der Waals surface area contributed by atoms with E-state index in [1.165, 1.54) is 0 Å². The van der Waals surface area contributed by atoms with Gasteiger partial charge in [-0.05, 0) is 45.0 Å². The van der Waals surface area contributed by atoms with Crippen LogP contribution in [-0.2, 0) is 4.79 Å². The molecule has 1 atom stereocenters. The van der Waals surface area contributed by atoms with Crippen molar-refractivity contribution in [3.05, 3.63) is 27.8 Å². The van der Waals surface area contributed by atoms with E-state index in [2.05, 4.69) is 38.1 Å². The first-order valence-electron chi connectivity index (χ1n) is 6.25. The van der Waals surface area contributed by atoms with Gasteiger partial charge in [-0.25, -0.2) is 4.68 Å². The number of halogens is 1. The summed E-state index contributed by atoms with van der Waals surface area (Å²) in [6.45, 7) is 3.93. The number of aliphatic carboxylic acids is 1. The Hall–Kier alpha value is -1.51. The summed E-state index contributed by atoms with van der Waals surface area (Å²) in [5, 5.41) is 20.8. The lowest BCUT2D eigenvalue weighted by Gasteiger charge is -2.20. The number of carboxylic acids is 1. The lowest BCUT2D eigenvalue weighted by Crippen LogP contribution is -2.21. The summed E-state index contributed by atoms with van der Waals surface area (Å²) in [5.74, 6) is -0.127. The normalized spacial score (nSPS) is 12.6. The van der Waals surface area contributed by atoms with E-state index in [0.29, 0.717) is 5.82 Å². The molecule has 7 heteroatoms. The van der Waals surface area contributed by atoms with E-state index >= 15 is 0 Å². The quantitative estimate of drug-likeness (QED) is 0.800. The fraction of sp³-hybridized carbons (Fsp3) is 0.385. The number of aromatic nitrogens is 4. The number of nitrogens with zero attached hydrogens (tertiary/aromatic N) is 4. The minimum Gasteiger partial charge on any atom is -0.481 e. The molecule has 0 fully saturated rings. The van der Waals surface area contributed by atoms with Gasteiger partial charge in [0.05, 0.1) is 12.5 Å². The molecule has 0 aliphatic heterocycles. The predicted molar refractivity (Wildman–Crippen MR) is 82.1 cm³/mol. The highest BCUT2D eigenvalue weighted by atomic mass is 127. The summed E-state index contributed by atoms with van der Waals surface area (Å²) >= 11 is 2.22. The van der Waals surface area contributed by atoms with Gasteiger partial charge in [0.1, 0.15) is 0 Å². The molecule has 1 aromatic carbocycles. The van der Waals surface area contributed by atoms with Gasteiger partial charge in [-0.1, -0.05) is 32.0 Å². The maximum absolute atomic E-state index is 11.0. The van der Waals surface area contributed by atoms with Crippen LogP contribution in [0.25, 0.3) is 11.4 Å². The first kappa shape index (κ1) is 14.9. The Kier molecular flexibility index (Phi) is 4.69. The van der Waals surface area contributed by atoms with Crippen molar-refractivity contribution in [2.75, 3.05) is 0 Å². The van der Waals surface area contributed by atoms with Crippen LogP contribution in [0.15, 0.2) is 24.3 Å². The summed E-state index contributed by atoms with van der Waals surface area (Å²) < 4.78 is 2.65. The van der Waals surface area contributed by atoms with Crippen molar-refractivity contribution in [3.63, 3.8) is 0 Å². The molecule has 0 amide bonds. The molecule has 0 saturated heterocycles. The molecule has 1 unspecified atom stereocenters. The van der Waals surface area contributed by atoms with Crippen LogP contribution in [0.2, 0.25) is 0 Å². The van der Waals surface area contributed by atoms with Crippen molar-refractivity contribution in [3.8, 4) is 11.4 Å². The molecule has 0 bridgehead atoms. The summed E-state index contributed by atoms with van der Waals surface area (Å²) in [6, 6.07) is 7.49. The van der Waals surface area contributed by atoms with Gasteiger partial charge in [-0.15, -0.1) is 5.10 Å². The molecule has 2 aromatic rings. The number of hydrogen-bond acceptors (Lipinski definition) is 4. The second kappa shape index (κ2) is 6.29. The van der Waals surface area contributed by atoms with Gasteiger partial charge in [0.15, 0.2) is 5.82 Å². The van der Waals surface area contributed by atoms with E-state index in [4.69, 9.17) is 5.11 Å². The second-order valence-electron chi connectivity index (χ2n) is 4.84. The lowest BCUT2D eigenvalue weighted by atomic mass is 10.0. The van der Waals surface area contributed by atoms with E-state index in [1.807, 2.05) is 38.1 Å². The third-order valence-corrected chi connectivity index (χ3v) is 4.02. The molecule has 1 N–H and O–H groups in total. The van der Waals surface area contributed by atoms with Gasteiger partial charge in [0.2, 0.25) is 0 Å². The van der Waals surface area contributed by atoms with Gasteiger partial charge in [-0.2, -0.15) is 0 Å². The van der Waals surface area contributed by atoms with Gasteiger partial charge < -0.3 is 5.11 Å². The van der Waals surface area contributed by atoms with E-state index in [1.54, 1.807) is 4.68 Å². The first-order valence-corrected chi connectivity index (χ1v) is 7.33. The molecule has 2 rings (SSSR count). The van der Waals surface area contributed by atoms with Gasteiger partial charge in [-0.3, -0.25) is 4.79 Å². The van der Waals surface area contributed by atoms with E-state index in [-0.39, 0.29) is 18.4 Å². The minimum atomic E-state index is -0.854. The van der Waals surface area contributed by atoms with Crippen LogP contribution in [0.1, 0.15) is 26.3 Å². The van der Waals surface area contributed by atoms with Gasteiger partial charge in [0, 0.05) is 9.13 Å². The maximum atomic E-state index is 11.0. The average Bonchev–Trinajstić information content (AvgIpc) is 2.84. The highest BCUT2D eigenvalue weighted by Gasteiger charge is 2.24. The number of tetrazole rings is 1. The summed E-state index contributed by atoms with van der Waals surface area (Å²) in [7, 11) is 0. The third kappa shape index (κ3) is 3.14. The van der Waals surface area contributed by atoms with Crippen molar-refractivity contribution < 1.29 is 9.90 Å². The Bertz CT molecular complexity index is 612. The largest absolute Gasteiger partial charge is 0.481 e. The van der Waals surface area contributed by atoms with Crippen molar-refractivity contribution in [2.24, 2.45) is 5.92 Å². The fourth-order valence-corrected chi connectivity index (χ4v) is 2.65. The topological polar surface area (TPSA) is 80.9 Å². The summed E-state index contributed by atoms with van der Waals surface area (Å²) in [4.78, 5) is 11.0. The molecule has 6 nitrogen and oxygen atoms in total. The molecule has 0 aliphatic rings. The number of hydrogen-bond donors (Lipinski definition) is 1. The smallest absolute Gasteiger partial charge is 0.305 e. The van der Waals surface area contributed by atoms with Crippen LogP contribution in [0, 0.1) is 9.49 Å². The Morgan fingerprint density at radius 1 is 1.40 bits per heavy atom. The van der Waals surface area contributed by atoms with Gasteiger partial charge >= 0.3 is 5.97 Å².